The van der Waals surface area contributed by atoms with E-state index in [1.54, 1.807) is 6.07 Å². The lowest BCUT2D eigenvalue weighted by molar-refractivity contribution is 0.317. The summed E-state index contributed by atoms with van der Waals surface area (Å²) in [5, 5.41) is 0.686. The molecule has 0 aliphatic carbocycles. The SMILES string of the molecule is CCCOc1ccc(-c2cc(Cl)ccc2N)cc1. The Morgan fingerprint density at radius 2 is 1.83 bits per heavy atom. The highest BCUT2D eigenvalue weighted by molar-refractivity contribution is 6.31. The summed E-state index contributed by atoms with van der Waals surface area (Å²) < 4.78 is 5.54. The zero-order chi connectivity index (χ0) is 13.0. The third-order valence-corrected chi connectivity index (χ3v) is 2.89. The molecule has 0 fully saturated rings. The molecular formula is C15H16ClNO. The van der Waals surface area contributed by atoms with Gasteiger partial charge >= 0.3 is 0 Å². The van der Waals surface area contributed by atoms with E-state index in [2.05, 4.69) is 6.92 Å². The topological polar surface area (TPSA) is 35.2 Å². The molecule has 0 bridgehead atoms. The van der Waals surface area contributed by atoms with E-state index in [1.807, 2.05) is 36.4 Å². The second-order valence-electron chi connectivity index (χ2n) is 4.10. The number of nitrogens with two attached hydrogens (primary N) is 1. The van der Waals surface area contributed by atoms with Gasteiger partial charge in [0.25, 0.3) is 0 Å². The molecule has 94 valence electrons. The number of benzene rings is 2. The van der Waals surface area contributed by atoms with Gasteiger partial charge in [0.05, 0.1) is 6.61 Å². The van der Waals surface area contributed by atoms with Gasteiger partial charge in [-0.2, -0.15) is 0 Å². The van der Waals surface area contributed by atoms with Gasteiger partial charge < -0.3 is 10.5 Å². The Balaban J connectivity index is 2.25. The molecule has 0 aromatic heterocycles. The maximum absolute atomic E-state index is 5.99. The standard InChI is InChI=1S/C15H16ClNO/c1-2-9-18-13-6-3-11(4-7-13)14-10-12(16)5-8-15(14)17/h3-8,10H,2,9,17H2,1H3. The van der Waals surface area contributed by atoms with Crippen LogP contribution >= 0.6 is 11.6 Å². The lowest BCUT2D eigenvalue weighted by Gasteiger charge is -2.08. The second-order valence-corrected chi connectivity index (χ2v) is 4.54. The molecule has 2 nitrogen and oxygen atoms in total. The summed E-state index contributed by atoms with van der Waals surface area (Å²) in [4.78, 5) is 0. The number of anilines is 1. The molecule has 0 amide bonds. The molecule has 0 unspecified atom stereocenters. The van der Waals surface area contributed by atoms with Crippen molar-refractivity contribution >= 4 is 17.3 Å². The van der Waals surface area contributed by atoms with Gasteiger partial charge in [0.15, 0.2) is 0 Å². The molecule has 2 N–H and O–H groups in total. The lowest BCUT2D eigenvalue weighted by Crippen LogP contribution is -1.95. The molecule has 18 heavy (non-hydrogen) atoms. The summed E-state index contributed by atoms with van der Waals surface area (Å²) in [7, 11) is 0. The first-order valence-electron chi connectivity index (χ1n) is 5.99. The van der Waals surface area contributed by atoms with Crippen LogP contribution in [0.1, 0.15) is 13.3 Å². The highest BCUT2D eigenvalue weighted by Gasteiger charge is 2.04. The average Bonchev–Trinajstić information content (AvgIpc) is 2.40. The summed E-state index contributed by atoms with van der Waals surface area (Å²) in [6, 6.07) is 13.4. The normalized spacial score (nSPS) is 10.3. The fourth-order valence-electron chi connectivity index (χ4n) is 1.73. The van der Waals surface area contributed by atoms with Crippen LogP contribution in [0.2, 0.25) is 5.02 Å². The Morgan fingerprint density at radius 1 is 1.11 bits per heavy atom. The van der Waals surface area contributed by atoms with Gasteiger partial charge in [-0.15, -0.1) is 0 Å². The molecular weight excluding hydrogens is 246 g/mol. The van der Waals surface area contributed by atoms with Gasteiger partial charge in [-0.05, 0) is 42.3 Å². The van der Waals surface area contributed by atoms with Gasteiger partial charge in [-0.3, -0.25) is 0 Å². The number of halogens is 1. The van der Waals surface area contributed by atoms with E-state index in [9.17, 15) is 0 Å². The highest BCUT2D eigenvalue weighted by atomic mass is 35.5. The van der Waals surface area contributed by atoms with Crippen molar-refractivity contribution in [3.8, 4) is 16.9 Å². The van der Waals surface area contributed by atoms with Crippen LogP contribution in [0, 0.1) is 0 Å². The Kier molecular flexibility index (Phi) is 4.11. The van der Waals surface area contributed by atoms with E-state index in [0.29, 0.717) is 5.02 Å². The average molecular weight is 262 g/mol. The van der Waals surface area contributed by atoms with Crippen molar-refractivity contribution in [2.24, 2.45) is 0 Å². The van der Waals surface area contributed by atoms with Crippen molar-refractivity contribution in [2.45, 2.75) is 13.3 Å². The van der Waals surface area contributed by atoms with Crippen molar-refractivity contribution in [1.82, 2.24) is 0 Å². The minimum absolute atomic E-state index is 0.686. The number of rotatable bonds is 4. The number of ether oxygens (including phenoxy) is 1. The summed E-state index contributed by atoms with van der Waals surface area (Å²) in [5.41, 5.74) is 8.66. The Hall–Kier alpha value is -1.67. The predicted octanol–water partition coefficient (Wildman–Crippen LogP) is 4.38. The predicted molar refractivity (Wildman–Crippen MR) is 77.1 cm³/mol. The maximum atomic E-state index is 5.99. The van der Waals surface area contributed by atoms with Gasteiger partial charge in [-0.25, -0.2) is 0 Å². The third kappa shape index (κ3) is 2.96. The summed E-state index contributed by atoms with van der Waals surface area (Å²) in [6.07, 6.45) is 1.00. The van der Waals surface area contributed by atoms with E-state index >= 15 is 0 Å². The van der Waals surface area contributed by atoms with Crippen LogP contribution in [0.5, 0.6) is 5.75 Å². The molecule has 0 saturated heterocycles. The number of hydrogen-bond donors (Lipinski definition) is 1. The van der Waals surface area contributed by atoms with E-state index in [0.717, 1.165) is 35.6 Å². The van der Waals surface area contributed by atoms with Crippen molar-refractivity contribution in [3.05, 3.63) is 47.5 Å². The smallest absolute Gasteiger partial charge is 0.119 e. The Morgan fingerprint density at radius 3 is 2.50 bits per heavy atom. The lowest BCUT2D eigenvalue weighted by atomic mass is 10.0. The van der Waals surface area contributed by atoms with Crippen molar-refractivity contribution in [1.29, 1.82) is 0 Å². The second kappa shape index (κ2) is 5.78. The fraction of sp³-hybridized carbons (Fsp3) is 0.200. The van der Waals surface area contributed by atoms with Crippen LogP contribution in [0.3, 0.4) is 0 Å². The summed E-state index contributed by atoms with van der Waals surface area (Å²) in [5.74, 6) is 0.876. The molecule has 2 aromatic carbocycles. The van der Waals surface area contributed by atoms with Crippen molar-refractivity contribution in [2.75, 3.05) is 12.3 Å². The van der Waals surface area contributed by atoms with Crippen LogP contribution in [-0.2, 0) is 0 Å². The van der Waals surface area contributed by atoms with Crippen LogP contribution in [0.4, 0.5) is 5.69 Å². The van der Waals surface area contributed by atoms with Crippen LogP contribution in [-0.4, -0.2) is 6.61 Å². The molecule has 0 atom stereocenters. The monoisotopic (exact) mass is 261 g/mol. The molecule has 0 saturated carbocycles. The van der Waals surface area contributed by atoms with Crippen molar-refractivity contribution < 1.29 is 4.74 Å². The molecule has 2 aromatic rings. The molecule has 0 aliphatic rings. The number of hydrogen-bond acceptors (Lipinski definition) is 2. The highest BCUT2D eigenvalue weighted by Crippen LogP contribution is 2.29. The maximum Gasteiger partial charge on any atom is 0.119 e. The quantitative estimate of drug-likeness (QED) is 0.829. The first kappa shape index (κ1) is 12.8. The largest absolute Gasteiger partial charge is 0.494 e. The van der Waals surface area contributed by atoms with E-state index < -0.39 is 0 Å². The van der Waals surface area contributed by atoms with E-state index in [1.165, 1.54) is 0 Å². The van der Waals surface area contributed by atoms with Gasteiger partial charge in [0.1, 0.15) is 5.75 Å². The Labute approximate surface area is 112 Å². The molecule has 3 heteroatoms. The first-order chi connectivity index (χ1) is 8.70. The molecule has 0 radical (unpaired) electrons. The molecule has 2 rings (SSSR count). The van der Waals surface area contributed by atoms with E-state index in [-0.39, 0.29) is 0 Å². The minimum atomic E-state index is 0.686. The molecule has 0 spiro atoms. The van der Waals surface area contributed by atoms with E-state index in [4.69, 9.17) is 22.1 Å². The zero-order valence-corrected chi connectivity index (χ0v) is 11.1. The van der Waals surface area contributed by atoms with Gasteiger partial charge in [0, 0.05) is 16.3 Å². The van der Waals surface area contributed by atoms with Crippen LogP contribution < -0.4 is 10.5 Å². The van der Waals surface area contributed by atoms with Crippen LogP contribution in [0.25, 0.3) is 11.1 Å². The van der Waals surface area contributed by atoms with Crippen molar-refractivity contribution in [3.63, 3.8) is 0 Å². The number of nitrogen functional groups attached to an aromatic ring is 1. The molecule has 0 aliphatic heterocycles. The molecule has 0 heterocycles. The Bertz CT molecular complexity index is 523. The summed E-state index contributed by atoms with van der Waals surface area (Å²) >= 11 is 5.99. The summed E-state index contributed by atoms with van der Waals surface area (Å²) in [6.45, 7) is 2.82. The van der Waals surface area contributed by atoms with Gasteiger partial charge in [0.2, 0.25) is 0 Å². The van der Waals surface area contributed by atoms with Crippen LogP contribution in [0.15, 0.2) is 42.5 Å². The van der Waals surface area contributed by atoms with Gasteiger partial charge in [-0.1, -0.05) is 30.7 Å². The third-order valence-electron chi connectivity index (χ3n) is 2.65. The first-order valence-corrected chi connectivity index (χ1v) is 6.36. The minimum Gasteiger partial charge on any atom is -0.494 e. The fourth-order valence-corrected chi connectivity index (χ4v) is 1.90. The zero-order valence-electron chi connectivity index (χ0n) is 10.3.